The molecule has 0 radical (unpaired) electrons. The zero-order valence-electron chi connectivity index (χ0n) is 21.3. The van der Waals surface area contributed by atoms with Gasteiger partial charge in [0.2, 0.25) is 0 Å². The first-order valence-corrected chi connectivity index (χ1v) is 13.5. The van der Waals surface area contributed by atoms with Crippen molar-refractivity contribution in [3.05, 3.63) is 63.7 Å². The average Bonchev–Trinajstić information content (AvgIpc) is 3.62. The number of thiazole rings is 1. The second kappa shape index (κ2) is 13.3. The van der Waals surface area contributed by atoms with Crippen LogP contribution in [0.15, 0.2) is 35.0 Å². The number of carboxylic acid groups (broad SMARTS) is 1. The number of carboxylic acids is 1. The first-order chi connectivity index (χ1) is 18.9. The number of carbonyl (C=O) groups excluding carboxylic acids is 1. The van der Waals surface area contributed by atoms with Crippen molar-refractivity contribution in [3.63, 3.8) is 0 Å². The van der Waals surface area contributed by atoms with E-state index in [4.69, 9.17) is 5.11 Å². The average molecular weight is 603 g/mol. The first kappa shape index (κ1) is 31.1. The summed E-state index contributed by atoms with van der Waals surface area (Å²) in [6, 6.07) is 1.66. The minimum absolute atomic E-state index is 0.0231. The Morgan fingerprint density at radius 2 is 1.93 bits per heavy atom. The standard InChI is InChI=1S/C16H17F5N2O2S.C9H6N2O2S/c1-7(2)6-8-9(15(24)25-3)11(13(17)18)23-12(16(19,20)21)10(8)14-22-4-5-26-14;12-9(13)7-5-10-2-1-6(7)8-11-3-4-14-8/h7,13H,4-6H2,1-3H3;1-5H,(H,12,13). The Balaban J connectivity index is 0.000000263. The van der Waals surface area contributed by atoms with Crippen LogP contribution in [0, 0.1) is 5.92 Å². The number of hydrogen-bond acceptors (Lipinski definition) is 9. The van der Waals surface area contributed by atoms with Gasteiger partial charge in [0.15, 0.2) is 5.69 Å². The SMILES string of the molecule is COC(=O)c1c(C(F)F)nc(C(F)(F)F)c(C2=NCCS2)c1CC(C)C.O=C(O)c1cnccc1-c1nccs1. The van der Waals surface area contributed by atoms with Crippen LogP contribution in [0.3, 0.4) is 0 Å². The van der Waals surface area contributed by atoms with Crippen LogP contribution in [-0.2, 0) is 17.3 Å². The largest absolute Gasteiger partial charge is 0.478 e. The number of aromatic carboxylic acids is 1. The molecule has 0 unspecified atom stereocenters. The molecule has 8 nitrogen and oxygen atoms in total. The van der Waals surface area contributed by atoms with Gasteiger partial charge >= 0.3 is 18.1 Å². The third kappa shape index (κ3) is 7.18. The number of carbonyl (C=O) groups is 2. The lowest BCUT2D eigenvalue weighted by molar-refractivity contribution is -0.141. The van der Waals surface area contributed by atoms with E-state index in [1.54, 1.807) is 37.7 Å². The van der Waals surface area contributed by atoms with Gasteiger partial charge < -0.3 is 9.84 Å². The molecule has 0 aliphatic carbocycles. The number of methoxy groups -OCH3 is 1. The quantitative estimate of drug-likeness (QED) is 0.243. The van der Waals surface area contributed by atoms with Crippen molar-refractivity contribution >= 4 is 40.1 Å². The smallest absolute Gasteiger partial charge is 0.434 e. The van der Waals surface area contributed by atoms with Gasteiger partial charge in [-0.05, 0) is 24.0 Å². The highest BCUT2D eigenvalue weighted by atomic mass is 32.2. The number of thioether (sulfide) groups is 1. The highest BCUT2D eigenvalue weighted by Gasteiger charge is 2.42. The van der Waals surface area contributed by atoms with Crippen LogP contribution in [0.25, 0.3) is 10.6 Å². The molecule has 1 aliphatic heterocycles. The Kier molecular flexibility index (Phi) is 10.3. The monoisotopic (exact) mass is 602 g/mol. The van der Waals surface area contributed by atoms with Crippen molar-refractivity contribution in [2.75, 3.05) is 19.4 Å². The van der Waals surface area contributed by atoms with E-state index in [9.17, 15) is 31.5 Å². The molecule has 3 aromatic heterocycles. The number of halogens is 5. The van der Waals surface area contributed by atoms with Crippen LogP contribution >= 0.6 is 23.1 Å². The lowest BCUT2D eigenvalue weighted by atomic mass is 9.91. The topological polar surface area (TPSA) is 115 Å². The van der Waals surface area contributed by atoms with Crippen molar-refractivity contribution in [1.29, 1.82) is 0 Å². The fraction of sp³-hybridized carbons (Fsp3) is 0.360. The molecule has 1 N–H and O–H groups in total. The van der Waals surface area contributed by atoms with Crippen molar-refractivity contribution < 1.29 is 41.4 Å². The van der Waals surface area contributed by atoms with E-state index in [0.29, 0.717) is 22.9 Å². The third-order valence-corrected chi connectivity index (χ3v) is 7.12. The van der Waals surface area contributed by atoms with Crippen LogP contribution in [0.4, 0.5) is 22.0 Å². The molecule has 4 rings (SSSR count). The summed E-state index contributed by atoms with van der Waals surface area (Å²) in [6.07, 6.45) is -3.81. The normalized spacial score (nSPS) is 13.2. The molecule has 214 valence electrons. The van der Waals surface area contributed by atoms with Gasteiger partial charge in [0, 0.05) is 47.4 Å². The zero-order valence-corrected chi connectivity index (χ0v) is 23.0. The summed E-state index contributed by atoms with van der Waals surface area (Å²) in [4.78, 5) is 38.0. The fourth-order valence-electron chi connectivity index (χ4n) is 3.78. The van der Waals surface area contributed by atoms with E-state index >= 15 is 0 Å². The first-order valence-electron chi connectivity index (χ1n) is 11.6. The van der Waals surface area contributed by atoms with Crippen LogP contribution in [0.2, 0.25) is 0 Å². The molecule has 0 spiro atoms. The molecule has 0 aromatic carbocycles. The van der Waals surface area contributed by atoms with Gasteiger partial charge in [0.25, 0.3) is 6.43 Å². The van der Waals surface area contributed by atoms with E-state index in [2.05, 4.69) is 24.7 Å². The van der Waals surface area contributed by atoms with Gasteiger partial charge in [0.05, 0.1) is 18.2 Å². The minimum Gasteiger partial charge on any atom is -0.478 e. The number of pyridine rings is 2. The summed E-state index contributed by atoms with van der Waals surface area (Å²) in [7, 11) is 0.982. The Labute approximate surface area is 233 Å². The summed E-state index contributed by atoms with van der Waals surface area (Å²) in [5.74, 6) is -1.85. The number of aromatic nitrogens is 3. The fourth-order valence-corrected chi connectivity index (χ4v) is 5.38. The molecule has 0 amide bonds. The predicted octanol–water partition coefficient (Wildman–Crippen LogP) is 6.42. The molecule has 0 saturated heterocycles. The van der Waals surface area contributed by atoms with Crippen LogP contribution < -0.4 is 0 Å². The van der Waals surface area contributed by atoms with Gasteiger partial charge in [-0.1, -0.05) is 13.8 Å². The summed E-state index contributed by atoms with van der Waals surface area (Å²) < 4.78 is 72.2. The molecule has 1 aliphatic rings. The van der Waals surface area contributed by atoms with Gasteiger partial charge in [0.1, 0.15) is 15.7 Å². The highest BCUT2D eigenvalue weighted by Crippen LogP contribution is 2.40. The summed E-state index contributed by atoms with van der Waals surface area (Å²) in [5, 5.41) is 11.5. The van der Waals surface area contributed by atoms with E-state index in [1.165, 1.54) is 17.5 Å². The molecular formula is C25H23F5N4O4S2. The molecule has 40 heavy (non-hydrogen) atoms. The third-order valence-electron chi connectivity index (χ3n) is 5.32. The van der Waals surface area contributed by atoms with Crippen LogP contribution in [0.1, 0.15) is 63.5 Å². The Bertz CT molecular complexity index is 1400. The molecule has 3 aromatic rings. The summed E-state index contributed by atoms with van der Waals surface area (Å²) >= 11 is 2.49. The lowest BCUT2D eigenvalue weighted by Gasteiger charge is -2.22. The predicted molar refractivity (Wildman–Crippen MR) is 140 cm³/mol. The maximum atomic E-state index is 13.6. The van der Waals surface area contributed by atoms with Crippen molar-refractivity contribution in [1.82, 2.24) is 15.0 Å². The van der Waals surface area contributed by atoms with Crippen LogP contribution in [0.5, 0.6) is 0 Å². The molecule has 15 heteroatoms. The Morgan fingerprint density at radius 3 is 2.42 bits per heavy atom. The maximum absolute atomic E-state index is 13.6. The second-order valence-electron chi connectivity index (χ2n) is 8.56. The number of rotatable bonds is 7. The van der Waals surface area contributed by atoms with Crippen LogP contribution in [-0.4, -0.2) is 56.4 Å². The lowest BCUT2D eigenvalue weighted by Crippen LogP contribution is -2.24. The van der Waals surface area contributed by atoms with E-state index in [0.717, 1.165) is 18.9 Å². The number of hydrogen-bond donors (Lipinski definition) is 1. The van der Waals surface area contributed by atoms with Gasteiger partial charge in [-0.25, -0.2) is 28.3 Å². The Hall–Kier alpha value is -3.46. The van der Waals surface area contributed by atoms with E-state index in [1.807, 2.05) is 0 Å². The number of ether oxygens (including phenoxy) is 1. The van der Waals surface area contributed by atoms with Gasteiger partial charge in [-0.15, -0.1) is 23.1 Å². The van der Waals surface area contributed by atoms with Crippen molar-refractivity contribution in [2.45, 2.75) is 32.9 Å². The molecule has 0 atom stereocenters. The second-order valence-corrected chi connectivity index (χ2v) is 10.5. The van der Waals surface area contributed by atoms with Crippen molar-refractivity contribution in [2.24, 2.45) is 10.9 Å². The van der Waals surface area contributed by atoms with E-state index < -0.39 is 47.1 Å². The molecule has 0 fully saturated rings. The van der Waals surface area contributed by atoms with E-state index in [-0.39, 0.29) is 28.5 Å². The summed E-state index contributed by atoms with van der Waals surface area (Å²) in [6.45, 7) is 3.73. The number of aliphatic imine (C=N–C) groups is 1. The highest BCUT2D eigenvalue weighted by molar-refractivity contribution is 8.14. The number of nitrogens with zero attached hydrogens (tertiary/aromatic N) is 4. The number of alkyl halides is 5. The minimum atomic E-state index is -4.97. The Morgan fingerprint density at radius 1 is 1.20 bits per heavy atom. The molecule has 0 saturated carbocycles. The van der Waals surface area contributed by atoms with Crippen molar-refractivity contribution in [3.8, 4) is 10.6 Å². The zero-order chi connectivity index (χ0) is 29.6. The number of esters is 1. The molecular weight excluding hydrogens is 579 g/mol. The van der Waals surface area contributed by atoms with Gasteiger partial charge in [-0.2, -0.15) is 13.2 Å². The molecule has 0 bridgehead atoms. The maximum Gasteiger partial charge on any atom is 0.434 e. The summed E-state index contributed by atoms with van der Waals surface area (Å²) in [5.41, 5.74) is -2.99. The van der Waals surface area contributed by atoms with Gasteiger partial charge in [-0.3, -0.25) is 9.98 Å². The molecule has 4 heterocycles.